The second-order valence-corrected chi connectivity index (χ2v) is 5.22. The van der Waals surface area contributed by atoms with Crippen LogP contribution in [0.3, 0.4) is 0 Å². The van der Waals surface area contributed by atoms with Crippen LogP contribution in [0.4, 0.5) is 0 Å². The Balaban J connectivity index is 1.60. The molecule has 1 saturated heterocycles. The van der Waals surface area contributed by atoms with Gasteiger partial charge in [0.1, 0.15) is 0 Å². The molecule has 2 fully saturated rings. The number of carbonyl (C=O) groups is 1. The lowest BCUT2D eigenvalue weighted by molar-refractivity contribution is -0.123. The number of rotatable bonds is 7. The Labute approximate surface area is 108 Å². The topological polar surface area (TPSA) is 70.6 Å². The third-order valence-electron chi connectivity index (χ3n) is 4.03. The summed E-state index contributed by atoms with van der Waals surface area (Å²) < 4.78 is 5.14. The molecule has 0 aromatic carbocycles. The first-order chi connectivity index (χ1) is 8.83. The van der Waals surface area contributed by atoms with Gasteiger partial charge in [-0.15, -0.1) is 0 Å². The molecule has 0 aromatic rings. The van der Waals surface area contributed by atoms with Crippen LogP contribution in [-0.2, 0) is 9.53 Å². The van der Waals surface area contributed by atoms with E-state index < -0.39 is 0 Å². The Hall–Kier alpha value is -0.650. The zero-order valence-electron chi connectivity index (χ0n) is 10.9. The van der Waals surface area contributed by atoms with Crippen molar-refractivity contribution in [2.45, 2.75) is 31.7 Å². The number of aliphatic hydroxyl groups is 1. The highest BCUT2D eigenvalue weighted by Gasteiger charge is 2.42. The van der Waals surface area contributed by atoms with E-state index in [9.17, 15) is 4.79 Å². The molecule has 1 amide bonds. The molecular weight excluding hydrogens is 232 g/mol. The maximum Gasteiger partial charge on any atom is 0.237 e. The molecule has 5 heteroatoms. The van der Waals surface area contributed by atoms with E-state index in [0.717, 1.165) is 13.0 Å². The van der Waals surface area contributed by atoms with Crippen molar-refractivity contribution in [2.75, 3.05) is 32.9 Å². The van der Waals surface area contributed by atoms with Crippen LogP contribution in [0.5, 0.6) is 0 Å². The van der Waals surface area contributed by atoms with E-state index in [1.807, 2.05) is 0 Å². The maximum absolute atomic E-state index is 12.0. The Morgan fingerprint density at radius 2 is 2.28 bits per heavy atom. The SMILES string of the molecule is O=C(NCCCOCCO)C1NCC2CCCC21. The zero-order valence-corrected chi connectivity index (χ0v) is 10.9. The lowest BCUT2D eigenvalue weighted by Crippen LogP contribution is -2.44. The third-order valence-corrected chi connectivity index (χ3v) is 4.03. The van der Waals surface area contributed by atoms with Crippen LogP contribution >= 0.6 is 0 Å². The van der Waals surface area contributed by atoms with Crippen LogP contribution in [0.1, 0.15) is 25.7 Å². The van der Waals surface area contributed by atoms with Gasteiger partial charge in [-0.3, -0.25) is 4.79 Å². The average Bonchev–Trinajstić information content (AvgIpc) is 2.95. The minimum atomic E-state index is 0.0239. The molecule has 1 saturated carbocycles. The monoisotopic (exact) mass is 256 g/mol. The molecule has 104 valence electrons. The first kappa shape index (κ1) is 13.8. The molecule has 1 heterocycles. The molecule has 3 unspecified atom stereocenters. The number of fused-ring (bicyclic) bond motifs is 1. The van der Waals surface area contributed by atoms with Crippen molar-refractivity contribution in [1.29, 1.82) is 0 Å². The number of aliphatic hydroxyl groups excluding tert-OH is 1. The van der Waals surface area contributed by atoms with Crippen molar-refractivity contribution in [3.05, 3.63) is 0 Å². The van der Waals surface area contributed by atoms with Crippen LogP contribution < -0.4 is 10.6 Å². The van der Waals surface area contributed by atoms with Crippen molar-refractivity contribution < 1.29 is 14.6 Å². The number of carbonyl (C=O) groups excluding carboxylic acids is 1. The summed E-state index contributed by atoms with van der Waals surface area (Å²) in [4.78, 5) is 12.0. The van der Waals surface area contributed by atoms with E-state index in [1.54, 1.807) is 0 Å². The molecular formula is C13H24N2O3. The smallest absolute Gasteiger partial charge is 0.237 e. The van der Waals surface area contributed by atoms with Crippen LogP contribution in [0.15, 0.2) is 0 Å². The van der Waals surface area contributed by atoms with Gasteiger partial charge >= 0.3 is 0 Å². The van der Waals surface area contributed by atoms with Crippen LogP contribution in [0.25, 0.3) is 0 Å². The molecule has 3 atom stereocenters. The molecule has 0 spiro atoms. The summed E-state index contributed by atoms with van der Waals surface area (Å²) in [5, 5.41) is 14.9. The van der Waals surface area contributed by atoms with Crippen molar-refractivity contribution in [2.24, 2.45) is 11.8 Å². The maximum atomic E-state index is 12.0. The number of amides is 1. The highest BCUT2D eigenvalue weighted by molar-refractivity contribution is 5.82. The Morgan fingerprint density at radius 1 is 1.39 bits per heavy atom. The lowest BCUT2D eigenvalue weighted by atomic mass is 9.93. The fourth-order valence-electron chi connectivity index (χ4n) is 3.14. The number of hydrogen-bond donors (Lipinski definition) is 3. The summed E-state index contributed by atoms with van der Waals surface area (Å²) in [6, 6.07) is 0.0239. The van der Waals surface area contributed by atoms with Gasteiger partial charge in [0.15, 0.2) is 0 Å². The summed E-state index contributed by atoms with van der Waals surface area (Å²) in [7, 11) is 0. The highest BCUT2D eigenvalue weighted by Crippen LogP contribution is 2.37. The summed E-state index contributed by atoms with van der Waals surface area (Å²) in [5.74, 6) is 1.41. The van der Waals surface area contributed by atoms with Crippen molar-refractivity contribution >= 4 is 5.91 Å². The zero-order chi connectivity index (χ0) is 12.8. The third kappa shape index (κ3) is 3.43. The van der Waals surface area contributed by atoms with Crippen LogP contribution in [-0.4, -0.2) is 50.0 Å². The minimum absolute atomic E-state index is 0.0239. The quantitative estimate of drug-likeness (QED) is 0.556. The molecule has 0 bridgehead atoms. The van der Waals surface area contributed by atoms with Crippen molar-refractivity contribution in [3.8, 4) is 0 Å². The molecule has 0 radical (unpaired) electrons. The van der Waals surface area contributed by atoms with E-state index in [4.69, 9.17) is 9.84 Å². The Bertz CT molecular complexity index is 273. The first-order valence-electron chi connectivity index (χ1n) is 7.02. The minimum Gasteiger partial charge on any atom is -0.394 e. The molecule has 18 heavy (non-hydrogen) atoms. The summed E-state index contributed by atoms with van der Waals surface area (Å²) >= 11 is 0. The van der Waals surface area contributed by atoms with Crippen LogP contribution in [0, 0.1) is 11.8 Å². The predicted octanol–water partition coefficient (Wildman–Crippen LogP) is -0.110. The summed E-state index contributed by atoms with van der Waals surface area (Å²) in [6.45, 7) is 2.68. The van der Waals surface area contributed by atoms with Gasteiger partial charge in [-0.05, 0) is 37.6 Å². The Morgan fingerprint density at radius 3 is 3.11 bits per heavy atom. The first-order valence-corrected chi connectivity index (χ1v) is 7.02. The second kappa shape index (κ2) is 7.07. The second-order valence-electron chi connectivity index (χ2n) is 5.22. The standard InChI is InChI=1S/C13H24N2O3/c16-6-8-18-7-2-5-14-13(17)12-11-4-1-3-10(11)9-15-12/h10-12,15-16H,1-9H2,(H,14,17). The highest BCUT2D eigenvalue weighted by atomic mass is 16.5. The van der Waals surface area contributed by atoms with Gasteiger partial charge in [-0.1, -0.05) is 6.42 Å². The van der Waals surface area contributed by atoms with Gasteiger partial charge in [0, 0.05) is 13.2 Å². The fraction of sp³-hybridized carbons (Fsp3) is 0.923. The van der Waals surface area contributed by atoms with Crippen molar-refractivity contribution in [3.63, 3.8) is 0 Å². The number of ether oxygens (including phenoxy) is 1. The average molecular weight is 256 g/mol. The summed E-state index contributed by atoms with van der Waals surface area (Å²) in [5.41, 5.74) is 0. The molecule has 3 N–H and O–H groups in total. The molecule has 5 nitrogen and oxygen atoms in total. The molecule has 2 rings (SSSR count). The number of nitrogens with one attached hydrogen (secondary N) is 2. The van der Waals surface area contributed by atoms with Gasteiger partial charge < -0.3 is 20.5 Å². The normalized spacial score (nSPS) is 30.4. The molecule has 1 aliphatic carbocycles. The molecule has 2 aliphatic rings. The largest absolute Gasteiger partial charge is 0.394 e. The number of hydrogen-bond acceptors (Lipinski definition) is 4. The van der Waals surface area contributed by atoms with Gasteiger partial charge in [0.2, 0.25) is 5.91 Å². The Kier molecular flexibility index (Phi) is 5.41. The van der Waals surface area contributed by atoms with E-state index in [0.29, 0.717) is 31.6 Å². The van der Waals surface area contributed by atoms with Crippen molar-refractivity contribution in [1.82, 2.24) is 10.6 Å². The van der Waals surface area contributed by atoms with Gasteiger partial charge in [0.05, 0.1) is 19.3 Å². The van der Waals surface area contributed by atoms with Crippen LogP contribution in [0.2, 0.25) is 0 Å². The predicted molar refractivity (Wildman–Crippen MR) is 68.2 cm³/mol. The van der Waals surface area contributed by atoms with E-state index in [-0.39, 0.29) is 18.6 Å². The van der Waals surface area contributed by atoms with Gasteiger partial charge in [0.25, 0.3) is 0 Å². The van der Waals surface area contributed by atoms with E-state index in [1.165, 1.54) is 19.3 Å². The fourth-order valence-corrected chi connectivity index (χ4v) is 3.14. The summed E-state index contributed by atoms with van der Waals surface area (Å²) in [6.07, 6.45) is 4.54. The molecule has 1 aliphatic heterocycles. The van der Waals surface area contributed by atoms with E-state index in [2.05, 4.69) is 10.6 Å². The van der Waals surface area contributed by atoms with Gasteiger partial charge in [-0.25, -0.2) is 0 Å². The molecule has 0 aromatic heterocycles. The van der Waals surface area contributed by atoms with Gasteiger partial charge in [-0.2, -0.15) is 0 Å². The lowest BCUT2D eigenvalue weighted by Gasteiger charge is -2.17. The van der Waals surface area contributed by atoms with E-state index >= 15 is 0 Å².